The van der Waals surface area contributed by atoms with Gasteiger partial charge in [-0.15, -0.1) is 0 Å². The Kier molecular flexibility index (Phi) is 5.12. The second-order valence-corrected chi connectivity index (χ2v) is 8.33. The van der Waals surface area contributed by atoms with E-state index in [0.29, 0.717) is 12.4 Å². The maximum absolute atomic E-state index is 12.8. The van der Waals surface area contributed by atoms with Crippen LogP contribution in [0.25, 0.3) is 16.6 Å². The van der Waals surface area contributed by atoms with Crippen LogP contribution in [-0.2, 0) is 26.5 Å². The third kappa shape index (κ3) is 3.77. The first-order valence-electron chi connectivity index (χ1n) is 10.8. The number of hydrogen-bond acceptors (Lipinski definition) is 3. The summed E-state index contributed by atoms with van der Waals surface area (Å²) in [6.45, 7) is 2.60. The number of fused-ring (bicyclic) bond motifs is 3. The molecule has 0 unspecified atom stereocenters. The predicted octanol–water partition coefficient (Wildman–Crippen LogP) is 3.94. The van der Waals surface area contributed by atoms with Gasteiger partial charge >= 0.3 is 0 Å². The lowest BCUT2D eigenvalue weighted by Crippen LogP contribution is -2.21. The van der Waals surface area contributed by atoms with Gasteiger partial charge in [0.05, 0.1) is 11.2 Å². The van der Waals surface area contributed by atoms with E-state index in [4.69, 9.17) is 4.74 Å². The van der Waals surface area contributed by atoms with Crippen molar-refractivity contribution in [1.82, 2.24) is 14.0 Å². The van der Waals surface area contributed by atoms with Crippen LogP contribution in [-0.4, -0.2) is 34.2 Å². The molecule has 1 aliphatic rings. The lowest BCUT2D eigenvalue weighted by molar-refractivity contribution is 0.305. The maximum atomic E-state index is 12.8. The Morgan fingerprint density at radius 3 is 2.55 bits per heavy atom. The molecule has 158 valence electrons. The lowest BCUT2D eigenvalue weighted by Gasteiger charge is -2.13. The van der Waals surface area contributed by atoms with E-state index in [1.807, 2.05) is 42.5 Å². The van der Waals surface area contributed by atoms with Gasteiger partial charge in [0.15, 0.2) is 0 Å². The van der Waals surface area contributed by atoms with Gasteiger partial charge in [0, 0.05) is 49.9 Å². The summed E-state index contributed by atoms with van der Waals surface area (Å²) < 4.78 is 9.79. The molecule has 3 heterocycles. The standard InChI is InChI=1S/C26H27N3O2/c1-27-13-11-23-22-9-8-20(16-25(22)28(2)24(23)12-14-27)29-15-10-21(17-26(29)30)31-18-19-6-4-3-5-7-19/h3-10,15-17H,11-14,18H2,1-2H3. The SMILES string of the molecule is CN1CCc2c(n(C)c3cc(-n4ccc(OCc5ccccc5)cc4=O)ccc23)CC1. The monoisotopic (exact) mass is 413 g/mol. The smallest absolute Gasteiger partial charge is 0.258 e. The number of hydrogen-bond donors (Lipinski definition) is 0. The van der Waals surface area contributed by atoms with Crippen LogP contribution in [0.1, 0.15) is 16.8 Å². The molecule has 5 rings (SSSR count). The summed E-state index contributed by atoms with van der Waals surface area (Å²) in [7, 11) is 4.32. The number of benzene rings is 2. The zero-order valence-electron chi connectivity index (χ0n) is 18.0. The Labute approximate surface area is 182 Å². The van der Waals surface area contributed by atoms with Crippen LogP contribution in [0.15, 0.2) is 71.7 Å². The molecule has 2 aromatic heterocycles. The summed E-state index contributed by atoms with van der Waals surface area (Å²) >= 11 is 0. The molecule has 0 spiro atoms. The van der Waals surface area contributed by atoms with Gasteiger partial charge in [0.2, 0.25) is 0 Å². The molecule has 0 saturated heterocycles. The summed E-state index contributed by atoms with van der Waals surface area (Å²) in [4.78, 5) is 15.2. The maximum Gasteiger partial charge on any atom is 0.258 e. The van der Waals surface area contributed by atoms with Gasteiger partial charge in [-0.1, -0.05) is 36.4 Å². The first-order chi connectivity index (χ1) is 15.1. The normalized spacial score (nSPS) is 14.4. The first-order valence-corrected chi connectivity index (χ1v) is 10.8. The first kappa shape index (κ1) is 19.6. The van der Waals surface area contributed by atoms with Crippen LogP contribution in [0.2, 0.25) is 0 Å². The zero-order chi connectivity index (χ0) is 21.4. The highest BCUT2D eigenvalue weighted by Crippen LogP contribution is 2.29. The van der Waals surface area contributed by atoms with Crippen LogP contribution in [0.3, 0.4) is 0 Å². The highest BCUT2D eigenvalue weighted by molar-refractivity contribution is 5.87. The summed E-state index contributed by atoms with van der Waals surface area (Å²) in [5, 5.41) is 1.30. The fourth-order valence-electron chi connectivity index (χ4n) is 4.52. The molecule has 0 aliphatic carbocycles. The highest BCUT2D eigenvalue weighted by Gasteiger charge is 2.19. The average molecular weight is 414 g/mol. The fourth-order valence-corrected chi connectivity index (χ4v) is 4.52. The van der Waals surface area contributed by atoms with Crippen molar-refractivity contribution in [2.24, 2.45) is 7.05 Å². The van der Waals surface area contributed by atoms with Crippen molar-refractivity contribution < 1.29 is 4.74 Å². The molecule has 0 atom stereocenters. The van der Waals surface area contributed by atoms with E-state index in [-0.39, 0.29) is 5.56 Å². The molecule has 5 heteroatoms. The summed E-state index contributed by atoms with van der Waals surface area (Å²) in [5.41, 5.74) is 5.90. The van der Waals surface area contributed by atoms with E-state index >= 15 is 0 Å². The topological polar surface area (TPSA) is 39.4 Å². The third-order valence-electron chi connectivity index (χ3n) is 6.31. The van der Waals surface area contributed by atoms with E-state index in [1.54, 1.807) is 16.8 Å². The van der Waals surface area contributed by atoms with E-state index in [0.717, 1.165) is 37.2 Å². The van der Waals surface area contributed by atoms with Crippen molar-refractivity contribution in [3.05, 3.63) is 94.0 Å². The molecule has 1 aliphatic heterocycles. The van der Waals surface area contributed by atoms with Gasteiger partial charge in [0.1, 0.15) is 12.4 Å². The van der Waals surface area contributed by atoms with Gasteiger partial charge in [-0.2, -0.15) is 0 Å². The van der Waals surface area contributed by atoms with Gasteiger partial charge in [-0.05, 0) is 42.8 Å². The minimum Gasteiger partial charge on any atom is -0.489 e. The largest absolute Gasteiger partial charge is 0.489 e. The van der Waals surface area contributed by atoms with Crippen molar-refractivity contribution in [1.29, 1.82) is 0 Å². The second-order valence-electron chi connectivity index (χ2n) is 8.33. The Hall–Kier alpha value is -3.31. The number of aryl methyl sites for hydroxylation is 1. The molecule has 0 fully saturated rings. The van der Waals surface area contributed by atoms with E-state index in [9.17, 15) is 4.79 Å². The van der Waals surface area contributed by atoms with E-state index < -0.39 is 0 Å². The van der Waals surface area contributed by atoms with Crippen molar-refractivity contribution in [2.45, 2.75) is 19.4 Å². The number of aromatic nitrogens is 2. The molecule has 0 N–H and O–H groups in total. The Balaban J connectivity index is 1.44. The minimum atomic E-state index is -0.0951. The van der Waals surface area contributed by atoms with E-state index in [2.05, 4.69) is 35.7 Å². The van der Waals surface area contributed by atoms with Gasteiger partial charge < -0.3 is 14.2 Å². The number of pyridine rings is 1. The zero-order valence-corrected chi connectivity index (χ0v) is 18.0. The molecule has 0 radical (unpaired) electrons. The average Bonchev–Trinajstić information content (AvgIpc) is 2.91. The Morgan fingerprint density at radius 2 is 1.74 bits per heavy atom. The molecule has 0 saturated carbocycles. The number of rotatable bonds is 4. The molecule has 0 bridgehead atoms. The third-order valence-corrected chi connectivity index (χ3v) is 6.31. The molecular formula is C26H27N3O2. The van der Waals surface area contributed by atoms with Gasteiger partial charge in [-0.25, -0.2) is 0 Å². The Bertz CT molecular complexity index is 1290. The minimum absolute atomic E-state index is 0.0951. The summed E-state index contributed by atoms with van der Waals surface area (Å²) in [6.07, 6.45) is 3.92. The molecule has 2 aromatic carbocycles. The van der Waals surface area contributed by atoms with Gasteiger partial charge in [-0.3, -0.25) is 9.36 Å². The van der Waals surface area contributed by atoms with Crippen molar-refractivity contribution in [2.75, 3.05) is 20.1 Å². The quantitative estimate of drug-likeness (QED) is 0.509. The number of nitrogens with zero attached hydrogens (tertiary/aromatic N) is 3. The van der Waals surface area contributed by atoms with Crippen LogP contribution < -0.4 is 10.3 Å². The molecule has 4 aromatic rings. The van der Waals surface area contributed by atoms with Crippen LogP contribution in [0.5, 0.6) is 5.75 Å². The Morgan fingerprint density at radius 1 is 0.935 bits per heavy atom. The summed E-state index contributed by atoms with van der Waals surface area (Å²) in [6, 6.07) is 19.7. The predicted molar refractivity (Wildman–Crippen MR) is 124 cm³/mol. The van der Waals surface area contributed by atoms with Crippen molar-refractivity contribution >= 4 is 10.9 Å². The second kappa shape index (κ2) is 8.08. The number of likely N-dealkylation sites (N-methyl/N-ethyl adjacent to an activating group) is 1. The molecular weight excluding hydrogens is 386 g/mol. The van der Waals surface area contributed by atoms with Crippen LogP contribution >= 0.6 is 0 Å². The lowest BCUT2D eigenvalue weighted by atomic mass is 10.1. The molecule has 31 heavy (non-hydrogen) atoms. The highest BCUT2D eigenvalue weighted by atomic mass is 16.5. The van der Waals surface area contributed by atoms with Crippen LogP contribution in [0.4, 0.5) is 0 Å². The van der Waals surface area contributed by atoms with Gasteiger partial charge in [0.25, 0.3) is 5.56 Å². The molecule has 0 amide bonds. The van der Waals surface area contributed by atoms with Crippen molar-refractivity contribution in [3.63, 3.8) is 0 Å². The van der Waals surface area contributed by atoms with E-state index in [1.165, 1.54) is 22.2 Å². The number of ether oxygens (including phenoxy) is 1. The van der Waals surface area contributed by atoms with Crippen molar-refractivity contribution in [3.8, 4) is 11.4 Å². The fraction of sp³-hybridized carbons (Fsp3) is 0.269. The summed E-state index contributed by atoms with van der Waals surface area (Å²) in [5.74, 6) is 0.584. The van der Waals surface area contributed by atoms with Crippen LogP contribution in [0, 0.1) is 0 Å². The molecule has 5 nitrogen and oxygen atoms in total.